The highest BCUT2D eigenvalue weighted by Crippen LogP contribution is 2.28. The van der Waals surface area contributed by atoms with E-state index in [2.05, 4.69) is 17.6 Å². The number of carbonyl (C=O) groups excluding carboxylic acids is 1. The summed E-state index contributed by atoms with van der Waals surface area (Å²) in [6, 6.07) is 10.8. The van der Waals surface area contributed by atoms with Gasteiger partial charge >= 0.3 is 6.03 Å². The fourth-order valence-corrected chi connectivity index (χ4v) is 2.22. The molecule has 0 aliphatic carbocycles. The molecule has 0 aliphatic rings. The highest BCUT2D eigenvalue weighted by Gasteiger charge is 2.08. The maximum Gasteiger partial charge on any atom is 0.319 e. The summed E-state index contributed by atoms with van der Waals surface area (Å²) in [5.41, 5.74) is 2.93. The van der Waals surface area contributed by atoms with Crippen LogP contribution in [0.25, 0.3) is 0 Å². The van der Waals surface area contributed by atoms with Crippen LogP contribution in [0, 0.1) is 13.8 Å². The molecule has 0 unspecified atom stereocenters. The van der Waals surface area contributed by atoms with Crippen molar-refractivity contribution in [2.24, 2.45) is 0 Å². The molecule has 6 nitrogen and oxygen atoms in total. The van der Waals surface area contributed by atoms with Gasteiger partial charge in [0.1, 0.15) is 23.9 Å². The number of amides is 2. The summed E-state index contributed by atoms with van der Waals surface area (Å²) < 4.78 is 16.0. The lowest BCUT2D eigenvalue weighted by atomic mass is 10.1. The maximum absolute atomic E-state index is 12.0. The summed E-state index contributed by atoms with van der Waals surface area (Å²) in [7, 11) is 3.11. The Bertz CT molecular complexity index is 731. The third-order valence-corrected chi connectivity index (χ3v) is 3.79. The average Bonchev–Trinajstić information content (AvgIpc) is 2.61. The fraction of sp³-hybridized carbons (Fsp3) is 0.316. The van der Waals surface area contributed by atoms with Gasteiger partial charge in [-0.05, 0) is 49.2 Å². The molecule has 134 valence electrons. The molecule has 2 rings (SSSR count). The van der Waals surface area contributed by atoms with E-state index in [1.807, 2.05) is 25.1 Å². The zero-order valence-electron chi connectivity index (χ0n) is 15.0. The van der Waals surface area contributed by atoms with E-state index in [9.17, 15) is 4.79 Å². The van der Waals surface area contributed by atoms with Crippen LogP contribution in [0.5, 0.6) is 17.2 Å². The first-order valence-corrected chi connectivity index (χ1v) is 8.00. The first-order valence-electron chi connectivity index (χ1n) is 8.00. The summed E-state index contributed by atoms with van der Waals surface area (Å²) in [6.45, 7) is 4.85. The molecule has 0 saturated heterocycles. The van der Waals surface area contributed by atoms with E-state index in [4.69, 9.17) is 14.2 Å². The van der Waals surface area contributed by atoms with Gasteiger partial charge in [-0.3, -0.25) is 0 Å². The Morgan fingerprint density at radius 3 is 2.40 bits per heavy atom. The van der Waals surface area contributed by atoms with Crippen molar-refractivity contribution in [2.45, 2.75) is 13.8 Å². The van der Waals surface area contributed by atoms with E-state index in [0.717, 1.165) is 5.75 Å². The molecular formula is C19H24N2O4. The quantitative estimate of drug-likeness (QED) is 0.754. The molecule has 2 amide bonds. The molecule has 6 heteroatoms. The van der Waals surface area contributed by atoms with Crippen molar-refractivity contribution in [3.63, 3.8) is 0 Å². The SMILES string of the molecule is COc1ccc(OC)c(NC(=O)NCCOc2ccc(C)c(C)c2)c1. The standard InChI is InChI=1S/C19H24N2O4/c1-13-5-6-16(11-14(13)2)25-10-9-20-19(22)21-17-12-15(23-3)7-8-18(17)24-4/h5-8,11-12H,9-10H2,1-4H3,(H2,20,21,22). The number of hydrogen-bond acceptors (Lipinski definition) is 4. The molecule has 0 aromatic heterocycles. The van der Waals surface area contributed by atoms with Gasteiger partial charge < -0.3 is 24.8 Å². The zero-order valence-corrected chi connectivity index (χ0v) is 15.0. The summed E-state index contributed by atoms with van der Waals surface area (Å²) in [5, 5.41) is 5.49. The molecular weight excluding hydrogens is 320 g/mol. The second-order valence-corrected chi connectivity index (χ2v) is 5.54. The fourth-order valence-electron chi connectivity index (χ4n) is 2.22. The lowest BCUT2D eigenvalue weighted by molar-refractivity contribution is 0.247. The van der Waals surface area contributed by atoms with Crippen molar-refractivity contribution in [2.75, 3.05) is 32.7 Å². The topological polar surface area (TPSA) is 68.8 Å². The van der Waals surface area contributed by atoms with Gasteiger partial charge in [-0.2, -0.15) is 0 Å². The number of anilines is 1. The number of nitrogens with one attached hydrogen (secondary N) is 2. The molecule has 0 aliphatic heterocycles. The summed E-state index contributed by atoms with van der Waals surface area (Å²) in [5.74, 6) is 1.98. The monoisotopic (exact) mass is 344 g/mol. The van der Waals surface area contributed by atoms with Crippen LogP contribution >= 0.6 is 0 Å². The summed E-state index contributed by atoms with van der Waals surface area (Å²) in [4.78, 5) is 12.0. The zero-order chi connectivity index (χ0) is 18.2. The van der Waals surface area contributed by atoms with Crippen molar-refractivity contribution in [3.8, 4) is 17.2 Å². The van der Waals surface area contributed by atoms with Gasteiger partial charge in [-0.15, -0.1) is 0 Å². The number of benzene rings is 2. The normalized spacial score (nSPS) is 10.1. The van der Waals surface area contributed by atoms with Crippen LogP contribution in [0.2, 0.25) is 0 Å². The largest absolute Gasteiger partial charge is 0.497 e. The van der Waals surface area contributed by atoms with Crippen molar-refractivity contribution in [1.29, 1.82) is 0 Å². The minimum atomic E-state index is -0.338. The van der Waals surface area contributed by atoms with Gasteiger partial charge in [0.05, 0.1) is 26.5 Å². The number of ether oxygens (including phenoxy) is 3. The van der Waals surface area contributed by atoms with Gasteiger partial charge in [0.25, 0.3) is 0 Å². The second kappa shape index (κ2) is 8.82. The van der Waals surface area contributed by atoms with Gasteiger partial charge in [0.2, 0.25) is 0 Å². The van der Waals surface area contributed by atoms with E-state index >= 15 is 0 Å². The van der Waals surface area contributed by atoms with Crippen LogP contribution in [0.1, 0.15) is 11.1 Å². The Morgan fingerprint density at radius 2 is 1.72 bits per heavy atom. The molecule has 0 spiro atoms. The highest BCUT2D eigenvalue weighted by atomic mass is 16.5. The molecule has 2 N–H and O–H groups in total. The minimum Gasteiger partial charge on any atom is -0.497 e. The number of aryl methyl sites for hydroxylation is 2. The predicted molar refractivity (Wildman–Crippen MR) is 98.0 cm³/mol. The van der Waals surface area contributed by atoms with Crippen molar-refractivity contribution in [3.05, 3.63) is 47.5 Å². The molecule has 2 aromatic rings. The Hall–Kier alpha value is -2.89. The second-order valence-electron chi connectivity index (χ2n) is 5.54. The Balaban J connectivity index is 1.81. The smallest absolute Gasteiger partial charge is 0.319 e. The van der Waals surface area contributed by atoms with Crippen LogP contribution in [-0.4, -0.2) is 33.4 Å². The number of carbonyl (C=O) groups is 1. The van der Waals surface area contributed by atoms with E-state index in [1.165, 1.54) is 11.1 Å². The Kier molecular flexibility index (Phi) is 6.51. The van der Waals surface area contributed by atoms with Crippen LogP contribution in [0.3, 0.4) is 0 Å². The minimum absolute atomic E-state index is 0.338. The number of urea groups is 1. The number of rotatable bonds is 7. The molecule has 0 fully saturated rings. The van der Waals surface area contributed by atoms with Gasteiger partial charge in [-0.25, -0.2) is 4.79 Å². The lowest BCUT2D eigenvalue weighted by Crippen LogP contribution is -2.32. The van der Waals surface area contributed by atoms with Gasteiger partial charge in [0, 0.05) is 6.07 Å². The van der Waals surface area contributed by atoms with Gasteiger partial charge in [0.15, 0.2) is 0 Å². The lowest BCUT2D eigenvalue weighted by Gasteiger charge is -2.13. The first-order chi connectivity index (χ1) is 12.0. The van der Waals surface area contributed by atoms with Crippen molar-refractivity contribution >= 4 is 11.7 Å². The number of methoxy groups -OCH3 is 2. The average molecular weight is 344 g/mol. The highest BCUT2D eigenvalue weighted by molar-refractivity contribution is 5.91. The Morgan fingerprint density at radius 1 is 0.960 bits per heavy atom. The van der Waals surface area contributed by atoms with Crippen LogP contribution in [0.15, 0.2) is 36.4 Å². The van der Waals surface area contributed by atoms with Crippen LogP contribution in [0.4, 0.5) is 10.5 Å². The van der Waals surface area contributed by atoms with Crippen molar-refractivity contribution < 1.29 is 19.0 Å². The van der Waals surface area contributed by atoms with E-state index < -0.39 is 0 Å². The first kappa shape index (κ1) is 18.4. The van der Waals surface area contributed by atoms with Crippen molar-refractivity contribution in [1.82, 2.24) is 5.32 Å². The molecule has 0 saturated carbocycles. The maximum atomic E-state index is 12.0. The third kappa shape index (κ3) is 5.31. The van der Waals surface area contributed by atoms with Crippen LogP contribution < -0.4 is 24.8 Å². The molecule has 0 bridgehead atoms. The molecule has 0 atom stereocenters. The Labute approximate surface area is 148 Å². The van der Waals surface area contributed by atoms with E-state index in [-0.39, 0.29) is 6.03 Å². The summed E-state index contributed by atoms with van der Waals surface area (Å²) >= 11 is 0. The van der Waals surface area contributed by atoms with E-state index in [0.29, 0.717) is 30.3 Å². The molecule has 0 heterocycles. The molecule has 2 aromatic carbocycles. The predicted octanol–water partition coefficient (Wildman–Crippen LogP) is 3.52. The van der Waals surface area contributed by atoms with E-state index in [1.54, 1.807) is 32.4 Å². The third-order valence-electron chi connectivity index (χ3n) is 3.79. The molecule has 0 radical (unpaired) electrons. The number of hydrogen-bond donors (Lipinski definition) is 2. The van der Waals surface area contributed by atoms with Gasteiger partial charge in [-0.1, -0.05) is 6.07 Å². The molecule has 25 heavy (non-hydrogen) atoms. The summed E-state index contributed by atoms with van der Waals surface area (Å²) in [6.07, 6.45) is 0. The van der Waals surface area contributed by atoms with Crippen LogP contribution in [-0.2, 0) is 0 Å².